The van der Waals surface area contributed by atoms with Crippen LogP contribution in [-0.4, -0.2) is 41.4 Å². The number of nitro groups is 1. The van der Waals surface area contributed by atoms with Gasteiger partial charge in [0.2, 0.25) is 0 Å². The number of nitrogens with zero attached hydrogens (tertiary/aromatic N) is 6. The van der Waals surface area contributed by atoms with Crippen LogP contribution >= 0.6 is 0 Å². The second-order valence-electron chi connectivity index (χ2n) is 13.4. The number of rotatable bonds is 10. The van der Waals surface area contributed by atoms with E-state index >= 15 is 0 Å². The molecule has 2 aromatic heterocycles. The van der Waals surface area contributed by atoms with Gasteiger partial charge in [-0.1, -0.05) is 133 Å². The van der Waals surface area contributed by atoms with Crippen LogP contribution in [0, 0.1) is 10.1 Å². The number of anilines is 1. The molecule has 8 rings (SSSR count). The third-order valence-electron chi connectivity index (χ3n) is 9.28. The van der Waals surface area contributed by atoms with Gasteiger partial charge in [-0.05, 0) is 58.7 Å². The van der Waals surface area contributed by atoms with Gasteiger partial charge in [0.25, 0.3) is 5.69 Å². The Bertz CT molecular complexity index is 2520. The third kappa shape index (κ3) is 9.50. The topological polar surface area (TPSA) is 96.9 Å². The molecule has 58 heavy (non-hydrogen) atoms. The minimum Gasteiger partial charge on any atom is -0.378 e. The zero-order valence-electron chi connectivity index (χ0n) is 32.1. The van der Waals surface area contributed by atoms with Gasteiger partial charge in [-0.3, -0.25) is 30.1 Å². The summed E-state index contributed by atoms with van der Waals surface area (Å²) in [5.41, 5.74) is 11.9. The van der Waals surface area contributed by atoms with Gasteiger partial charge in [0.1, 0.15) is 0 Å². The van der Waals surface area contributed by atoms with Crippen molar-refractivity contribution in [2.45, 2.75) is 0 Å². The highest BCUT2D eigenvalue weighted by molar-refractivity contribution is 5.96. The highest BCUT2D eigenvalue weighted by Gasteiger charge is 2.19. The van der Waals surface area contributed by atoms with Crippen molar-refractivity contribution in [3.8, 4) is 44.5 Å². The van der Waals surface area contributed by atoms with Crippen molar-refractivity contribution in [3.05, 3.63) is 216 Å². The van der Waals surface area contributed by atoms with Gasteiger partial charge >= 0.3 is 0 Å². The van der Waals surface area contributed by atoms with Crippen LogP contribution < -0.4 is 4.90 Å². The smallest absolute Gasteiger partial charge is 0.270 e. The summed E-state index contributed by atoms with van der Waals surface area (Å²) in [6.45, 7) is 0. The summed E-state index contributed by atoms with van der Waals surface area (Å²) < 4.78 is 0. The molecule has 0 aliphatic rings. The lowest BCUT2D eigenvalue weighted by Crippen LogP contribution is -2.09. The Hall–Kier alpha value is -7.84. The molecule has 6 aromatic carbocycles. The standard InChI is InChI=1S/C26H23N3.C24H17N3O2/c1-29(2)23-17-24(20-11-5-3-6-12-20)26(28-19-22-15-9-10-16-27-22)25(18-23)21-13-7-4-8-14-21;28-27(29)21-15-22(18-9-3-1-4-10-18)24(26-17-20-13-7-8-14-25-20)23(16-21)19-11-5-2-6-12-19/h3-19H,1-2H3;1-17H. The second-order valence-corrected chi connectivity index (χ2v) is 13.4. The highest BCUT2D eigenvalue weighted by atomic mass is 16.6. The van der Waals surface area contributed by atoms with E-state index in [-0.39, 0.29) is 10.6 Å². The first-order valence-corrected chi connectivity index (χ1v) is 18.7. The number of aromatic nitrogens is 2. The molecule has 8 aromatic rings. The predicted octanol–water partition coefficient (Wildman–Crippen LogP) is 12.3. The first kappa shape index (κ1) is 38.4. The molecule has 0 saturated carbocycles. The molecular weight excluding hydrogens is 717 g/mol. The molecule has 0 N–H and O–H groups in total. The van der Waals surface area contributed by atoms with Crippen molar-refractivity contribution in [1.82, 2.24) is 9.97 Å². The molecule has 0 saturated heterocycles. The minimum absolute atomic E-state index is 0.0273. The average Bonchev–Trinajstić information content (AvgIpc) is 3.29. The lowest BCUT2D eigenvalue weighted by Gasteiger charge is -2.19. The first-order chi connectivity index (χ1) is 28.4. The summed E-state index contributed by atoms with van der Waals surface area (Å²) in [4.78, 5) is 31.7. The number of nitro benzene ring substituents is 1. The van der Waals surface area contributed by atoms with Gasteiger partial charge in [-0.25, -0.2) is 0 Å². The van der Waals surface area contributed by atoms with E-state index in [4.69, 9.17) is 9.98 Å². The zero-order valence-corrected chi connectivity index (χ0v) is 32.1. The van der Waals surface area contributed by atoms with Crippen LogP contribution in [0.15, 0.2) is 204 Å². The van der Waals surface area contributed by atoms with E-state index < -0.39 is 0 Å². The molecule has 0 amide bonds. The molecule has 0 radical (unpaired) electrons. The van der Waals surface area contributed by atoms with Crippen LogP contribution in [0.1, 0.15) is 11.4 Å². The van der Waals surface area contributed by atoms with Gasteiger partial charge in [-0.15, -0.1) is 0 Å². The van der Waals surface area contributed by atoms with Crippen molar-refractivity contribution in [1.29, 1.82) is 0 Å². The van der Waals surface area contributed by atoms with Gasteiger partial charge in [0.05, 0.1) is 40.1 Å². The van der Waals surface area contributed by atoms with E-state index in [2.05, 4.69) is 89.6 Å². The quantitative estimate of drug-likeness (QED) is 0.0786. The van der Waals surface area contributed by atoms with E-state index in [1.54, 1.807) is 30.7 Å². The summed E-state index contributed by atoms with van der Waals surface area (Å²) >= 11 is 0. The molecule has 8 heteroatoms. The van der Waals surface area contributed by atoms with Crippen molar-refractivity contribution < 1.29 is 4.92 Å². The second kappa shape index (κ2) is 18.7. The van der Waals surface area contributed by atoms with E-state index in [1.807, 2.05) is 115 Å². The van der Waals surface area contributed by atoms with Crippen LogP contribution in [-0.2, 0) is 0 Å². The molecule has 0 fully saturated rings. The fraction of sp³-hybridized carbons (Fsp3) is 0.0400. The minimum atomic E-state index is -0.370. The molecule has 0 atom stereocenters. The summed E-state index contributed by atoms with van der Waals surface area (Å²) in [7, 11) is 4.13. The molecule has 282 valence electrons. The van der Waals surface area contributed by atoms with Gasteiger partial charge in [0, 0.05) is 66.6 Å². The van der Waals surface area contributed by atoms with E-state index in [0.29, 0.717) is 22.5 Å². The van der Waals surface area contributed by atoms with Crippen molar-refractivity contribution in [2.24, 2.45) is 9.98 Å². The molecule has 0 aliphatic carbocycles. The zero-order chi connectivity index (χ0) is 40.1. The van der Waals surface area contributed by atoms with Gasteiger partial charge in [-0.2, -0.15) is 0 Å². The Balaban J connectivity index is 0.000000177. The Labute approximate surface area is 338 Å². The van der Waals surface area contributed by atoms with E-state index in [1.165, 1.54) is 0 Å². The number of benzene rings is 6. The van der Waals surface area contributed by atoms with Gasteiger partial charge < -0.3 is 4.90 Å². The molecule has 8 nitrogen and oxygen atoms in total. The molecule has 2 heterocycles. The normalized spacial score (nSPS) is 10.9. The number of non-ortho nitro benzene ring substituents is 1. The highest BCUT2D eigenvalue weighted by Crippen LogP contribution is 2.43. The Kier molecular flexibility index (Phi) is 12.4. The molecule has 0 spiro atoms. The maximum atomic E-state index is 11.6. The number of hydrogen-bond acceptors (Lipinski definition) is 7. The maximum Gasteiger partial charge on any atom is 0.270 e. The average molecular weight is 757 g/mol. The Morgan fingerprint density at radius 3 is 1.10 bits per heavy atom. The lowest BCUT2D eigenvalue weighted by molar-refractivity contribution is -0.384. The first-order valence-electron chi connectivity index (χ1n) is 18.7. The predicted molar refractivity (Wildman–Crippen MR) is 239 cm³/mol. The van der Waals surface area contributed by atoms with Crippen molar-refractivity contribution in [2.75, 3.05) is 19.0 Å². The number of pyridine rings is 2. The van der Waals surface area contributed by atoms with Crippen LogP contribution in [0.2, 0.25) is 0 Å². The van der Waals surface area contributed by atoms with Gasteiger partial charge in [0.15, 0.2) is 0 Å². The lowest BCUT2D eigenvalue weighted by atomic mass is 9.95. The number of aliphatic imine (C=N–C) groups is 2. The van der Waals surface area contributed by atoms with Crippen LogP contribution in [0.5, 0.6) is 0 Å². The summed E-state index contributed by atoms with van der Waals surface area (Å²) in [5.74, 6) is 0. The molecule has 0 unspecified atom stereocenters. The van der Waals surface area contributed by atoms with Crippen LogP contribution in [0.25, 0.3) is 44.5 Å². The molecule has 0 bridgehead atoms. The number of hydrogen-bond donors (Lipinski definition) is 0. The third-order valence-corrected chi connectivity index (χ3v) is 9.28. The molecular formula is C50H40N6O2. The van der Waals surface area contributed by atoms with Crippen molar-refractivity contribution in [3.63, 3.8) is 0 Å². The SMILES string of the molecule is CN(C)c1cc(-c2ccccc2)c(N=Cc2ccccn2)c(-c2ccccc2)c1.O=[N+]([O-])c1cc(-c2ccccc2)c(N=Cc2ccccn2)c(-c2ccccc2)c1. The Morgan fingerprint density at radius 1 is 0.483 bits per heavy atom. The summed E-state index contributed by atoms with van der Waals surface area (Å²) in [6.07, 6.45) is 7.00. The van der Waals surface area contributed by atoms with Crippen LogP contribution in [0.4, 0.5) is 22.7 Å². The molecule has 0 aliphatic heterocycles. The summed E-state index contributed by atoms with van der Waals surface area (Å²) in [5, 5.41) is 11.6. The van der Waals surface area contributed by atoms with E-state index in [9.17, 15) is 10.1 Å². The van der Waals surface area contributed by atoms with Crippen molar-refractivity contribution >= 4 is 35.2 Å². The maximum absolute atomic E-state index is 11.6. The fourth-order valence-electron chi connectivity index (χ4n) is 6.40. The fourth-order valence-corrected chi connectivity index (χ4v) is 6.40. The van der Waals surface area contributed by atoms with Crippen LogP contribution in [0.3, 0.4) is 0 Å². The summed E-state index contributed by atoms with van der Waals surface area (Å²) in [6, 6.07) is 59.0. The monoisotopic (exact) mass is 756 g/mol. The largest absolute Gasteiger partial charge is 0.378 e. The Morgan fingerprint density at radius 2 is 0.810 bits per heavy atom. The van der Waals surface area contributed by atoms with E-state index in [0.717, 1.165) is 50.4 Å².